The van der Waals surface area contributed by atoms with Crippen molar-refractivity contribution in [2.24, 2.45) is 0 Å². The number of aromatic nitrogens is 2. The molecule has 0 aliphatic rings. The van der Waals surface area contributed by atoms with Gasteiger partial charge in [-0.1, -0.05) is 4.43 Å². The molecule has 0 bridgehead atoms. The highest BCUT2D eigenvalue weighted by Crippen LogP contribution is 2.20. The third kappa shape index (κ3) is 2.72. The van der Waals surface area contributed by atoms with Gasteiger partial charge in [-0.3, -0.25) is 0 Å². The average Bonchev–Trinajstić information content (AvgIpc) is 2.33. The lowest BCUT2D eigenvalue weighted by Gasteiger charge is -2.04. The van der Waals surface area contributed by atoms with Gasteiger partial charge in [0.25, 0.3) is 16.3 Å². The van der Waals surface area contributed by atoms with Crippen LogP contribution >= 0.6 is 0 Å². The van der Waals surface area contributed by atoms with Crippen LogP contribution in [0.5, 0.6) is 17.5 Å². The minimum Gasteiger partial charge on any atom is -0.497 e. The van der Waals surface area contributed by atoms with Crippen molar-refractivity contribution >= 4 is 20.7 Å². The Morgan fingerprint density at radius 3 is 2.12 bits per heavy atom. The zero-order chi connectivity index (χ0) is 11.4. The first-order valence-electron chi connectivity index (χ1n) is 4.88. The summed E-state index contributed by atoms with van der Waals surface area (Å²) in [4.78, 5) is 8.17. The Morgan fingerprint density at radius 1 is 1.00 bits per heavy atom. The fraction of sp³-hybridized carbons (Fsp3) is 0.0909. The van der Waals surface area contributed by atoms with Crippen LogP contribution in [0.3, 0.4) is 0 Å². The molecule has 0 saturated carbocycles. The molecule has 80 valence electrons. The highest BCUT2D eigenvalue weighted by atomic mass is 27.0. The van der Waals surface area contributed by atoms with E-state index >= 15 is 0 Å². The Hall–Kier alpha value is -1.57. The number of hydrogen-bond acceptors (Lipinski definition) is 4. The molecule has 0 amide bonds. The summed E-state index contributed by atoms with van der Waals surface area (Å²) < 4.78 is 11.7. The second kappa shape index (κ2) is 4.97. The smallest absolute Gasteiger partial charge is 0.321 e. The van der Waals surface area contributed by atoms with Gasteiger partial charge in [-0.05, 0) is 24.3 Å². The van der Waals surface area contributed by atoms with Gasteiger partial charge in [0, 0.05) is 12.4 Å². The minimum absolute atomic E-state index is 0.366. The monoisotopic (exact) mass is 230 g/mol. The number of hydrogen-bond donors (Lipinski definition) is 0. The first-order chi connectivity index (χ1) is 7.78. The van der Waals surface area contributed by atoms with E-state index in [1.165, 1.54) is 0 Å². The molecule has 2 aromatic rings. The number of ether oxygens (including phenoxy) is 2. The van der Waals surface area contributed by atoms with Crippen LogP contribution in [-0.2, 0) is 0 Å². The van der Waals surface area contributed by atoms with Crippen molar-refractivity contribution in [3.05, 3.63) is 36.7 Å². The second-order valence-corrected chi connectivity index (χ2v) is 4.48. The Kier molecular flexibility index (Phi) is 3.40. The Labute approximate surface area is 102 Å². The molecule has 0 N–H and O–H groups in total. The van der Waals surface area contributed by atoms with Crippen molar-refractivity contribution in [3.8, 4) is 17.5 Å². The van der Waals surface area contributed by atoms with Crippen LogP contribution in [0, 0.1) is 0 Å². The maximum atomic E-state index is 5.47. The van der Waals surface area contributed by atoms with Gasteiger partial charge in [0.1, 0.15) is 11.5 Å². The molecule has 5 heteroatoms. The zero-order valence-electron chi connectivity index (χ0n) is 9.18. The van der Waals surface area contributed by atoms with Crippen molar-refractivity contribution in [2.45, 2.75) is 0 Å². The topological polar surface area (TPSA) is 44.2 Å². The minimum atomic E-state index is 0.366. The van der Waals surface area contributed by atoms with Gasteiger partial charge in [-0.2, -0.15) is 0 Å². The first-order valence-corrected chi connectivity index (χ1v) is 5.88. The highest BCUT2D eigenvalue weighted by molar-refractivity contribution is 6.31. The summed E-state index contributed by atoms with van der Waals surface area (Å²) in [6.45, 7) is 0. The van der Waals surface area contributed by atoms with E-state index in [1.54, 1.807) is 19.5 Å². The second-order valence-electron chi connectivity index (χ2n) is 3.32. The lowest BCUT2D eigenvalue weighted by atomic mass is 10.3. The fourth-order valence-electron chi connectivity index (χ4n) is 1.18. The summed E-state index contributed by atoms with van der Waals surface area (Å²) >= 11 is 0.946. The molecule has 0 spiro atoms. The molecule has 4 nitrogen and oxygen atoms in total. The first kappa shape index (κ1) is 10.9. The number of nitrogens with zero attached hydrogens (tertiary/aromatic N) is 2. The molecule has 0 fully saturated rings. The molecule has 0 radical (unpaired) electrons. The lowest BCUT2D eigenvalue weighted by Crippen LogP contribution is -2.05. The summed E-state index contributed by atoms with van der Waals surface area (Å²) in [5.41, 5.74) is 0. The van der Waals surface area contributed by atoms with Crippen molar-refractivity contribution < 1.29 is 9.47 Å². The molecular weight excluding hydrogens is 219 g/mol. The summed E-state index contributed by atoms with van der Waals surface area (Å²) in [6.07, 6.45) is 3.55. The molecule has 2 rings (SSSR count). The van der Waals surface area contributed by atoms with Crippen molar-refractivity contribution in [2.75, 3.05) is 7.11 Å². The maximum absolute atomic E-state index is 5.47. The van der Waals surface area contributed by atoms with E-state index in [0.29, 0.717) is 11.8 Å². The summed E-state index contributed by atoms with van der Waals surface area (Å²) in [6, 6.07) is 7.66. The van der Waals surface area contributed by atoms with Crippen molar-refractivity contribution in [1.82, 2.24) is 9.97 Å². The van der Waals surface area contributed by atoms with Crippen LogP contribution in [0.1, 0.15) is 0 Å². The molecule has 0 aliphatic carbocycles. The van der Waals surface area contributed by atoms with Gasteiger partial charge in [0.2, 0.25) is 0 Å². The van der Waals surface area contributed by atoms with E-state index in [2.05, 4.69) is 9.97 Å². The highest BCUT2D eigenvalue weighted by Gasteiger charge is 1.99. The van der Waals surface area contributed by atoms with E-state index < -0.39 is 0 Å². The largest absolute Gasteiger partial charge is 0.497 e. The summed E-state index contributed by atoms with van der Waals surface area (Å²) in [5.74, 6) is 1.49. The Morgan fingerprint density at radius 2 is 1.56 bits per heavy atom. The normalized spacial score (nSPS) is 9.81. The van der Waals surface area contributed by atoms with E-state index in [0.717, 1.165) is 26.5 Å². The van der Waals surface area contributed by atoms with Gasteiger partial charge in [0.15, 0.2) is 0 Å². The van der Waals surface area contributed by atoms with Gasteiger partial charge in [-0.15, -0.1) is 0 Å². The number of benzene rings is 1. The maximum Gasteiger partial charge on any atom is 0.321 e. The van der Waals surface area contributed by atoms with Gasteiger partial charge in [-0.25, -0.2) is 9.97 Å². The number of rotatable bonds is 3. The van der Waals surface area contributed by atoms with Crippen LogP contribution in [0.2, 0.25) is 0 Å². The third-order valence-electron chi connectivity index (χ3n) is 2.03. The fourth-order valence-corrected chi connectivity index (χ4v) is 1.44. The van der Waals surface area contributed by atoms with Crippen LogP contribution in [0.15, 0.2) is 36.7 Å². The molecule has 1 aromatic carbocycles. The van der Waals surface area contributed by atoms with Crippen LogP contribution in [0.25, 0.3) is 0 Å². The van der Waals surface area contributed by atoms with Crippen molar-refractivity contribution in [1.29, 1.82) is 0 Å². The molecule has 1 heterocycles. The van der Waals surface area contributed by atoms with E-state index in [-0.39, 0.29) is 0 Å². The Balaban J connectivity index is 2.11. The van der Waals surface area contributed by atoms with Crippen LogP contribution in [-0.4, -0.2) is 33.4 Å². The molecule has 0 atom stereocenters. The molecule has 16 heavy (non-hydrogen) atoms. The van der Waals surface area contributed by atoms with Crippen molar-refractivity contribution in [3.63, 3.8) is 0 Å². The lowest BCUT2D eigenvalue weighted by molar-refractivity contribution is 0.410. The molecular formula is C11H11AlN2O2. The Bertz CT molecular complexity index is 456. The van der Waals surface area contributed by atoms with Crippen LogP contribution < -0.4 is 13.9 Å². The molecule has 1 aromatic heterocycles. The van der Waals surface area contributed by atoms with E-state index in [9.17, 15) is 0 Å². The standard InChI is InChI=1S/C11H9N2O2.Al.2H/c1-14-9-3-5-10(6-4-9)15-11-12-7-2-8-13-11;;;/h3-8H,1H3;;;. The van der Waals surface area contributed by atoms with E-state index in [4.69, 9.17) is 9.47 Å². The SMILES string of the molecule is COc1ccc(Oc2nc[c]([AlH2])cn2)cc1. The number of methoxy groups -OCH3 is 1. The average molecular weight is 230 g/mol. The van der Waals surface area contributed by atoms with Crippen LogP contribution in [0.4, 0.5) is 0 Å². The molecule has 0 unspecified atom stereocenters. The van der Waals surface area contributed by atoms with Gasteiger partial charge >= 0.3 is 6.01 Å². The van der Waals surface area contributed by atoms with E-state index in [1.807, 2.05) is 24.3 Å². The molecule has 0 aliphatic heterocycles. The summed E-state index contributed by atoms with van der Waals surface area (Å²) in [7, 11) is 1.63. The predicted octanol–water partition coefficient (Wildman–Crippen LogP) is 0.536. The quantitative estimate of drug-likeness (QED) is 0.722. The molecule has 0 saturated heterocycles. The van der Waals surface area contributed by atoms with Gasteiger partial charge < -0.3 is 9.47 Å². The third-order valence-corrected chi connectivity index (χ3v) is 2.54. The predicted molar refractivity (Wildman–Crippen MR) is 63.3 cm³/mol. The van der Waals surface area contributed by atoms with Gasteiger partial charge in [0.05, 0.1) is 7.11 Å². The zero-order valence-corrected chi connectivity index (χ0v) is 11.2. The summed E-state index contributed by atoms with van der Waals surface area (Å²) in [5, 5.41) is 0.